The van der Waals surface area contributed by atoms with Crippen LogP contribution in [-0.2, 0) is 6.42 Å². The Morgan fingerprint density at radius 3 is 2.60 bits per heavy atom. The highest BCUT2D eigenvalue weighted by Gasteiger charge is 2.37. The van der Waals surface area contributed by atoms with Crippen LogP contribution in [0.1, 0.15) is 31.7 Å². The Morgan fingerprint density at radius 2 is 2.00 bits per heavy atom. The molecule has 0 aliphatic carbocycles. The Labute approximate surface area is 121 Å². The van der Waals surface area contributed by atoms with E-state index in [2.05, 4.69) is 29.3 Å². The maximum Gasteiger partial charge on any atom is 0.106 e. The molecule has 20 heavy (non-hydrogen) atoms. The van der Waals surface area contributed by atoms with E-state index in [1.54, 1.807) is 6.21 Å². The molecular formula is C17H24N2O. The summed E-state index contributed by atoms with van der Waals surface area (Å²) in [4.78, 5) is 4.47. The first-order valence-corrected chi connectivity index (χ1v) is 7.35. The standard InChI is InChI=1S/C17H24N2O/c1-14(18)16(20)17(12-7-13-19-17)11-6-5-10-15-8-3-2-4-9-15/h2-4,7-9,12-14,16,20H,5-6,10-11,18H2,1H3. The van der Waals surface area contributed by atoms with Gasteiger partial charge in [0.15, 0.2) is 0 Å². The van der Waals surface area contributed by atoms with Gasteiger partial charge < -0.3 is 10.8 Å². The second-order valence-electron chi connectivity index (χ2n) is 5.63. The van der Waals surface area contributed by atoms with Crippen molar-refractivity contribution in [3.63, 3.8) is 0 Å². The van der Waals surface area contributed by atoms with Crippen molar-refractivity contribution < 1.29 is 5.11 Å². The quantitative estimate of drug-likeness (QED) is 0.749. The lowest BCUT2D eigenvalue weighted by Gasteiger charge is -2.32. The maximum atomic E-state index is 10.3. The fraction of sp³-hybridized carbons (Fsp3) is 0.471. The zero-order valence-electron chi connectivity index (χ0n) is 12.1. The molecule has 0 saturated carbocycles. The third-order valence-corrected chi connectivity index (χ3v) is 3.93. The molecule has 0 radical (unpaired) electrons. The van der Waals surface area contributed by atoms with E-state index in [4.69, 9.17) is 5.73 Å². The summed E-state index contributed by atoms with van der Waals surface area (Å²) in [5.41, 5.74) is 6.69. The number of aryl methyl sites for hydroxylation is 1. The first-order valence-electron chi connectivity index (χ1n) is 7.35. The van der Waals surface area contributed by atoms with Gasteiger partial charge in [-0.3, -0.25) is 4.99 Å². The average Bonchev–Trinajstić information content (AvgIpc) is 2.94. The van der Waals surface area contributed by atoms with Crippen LogP contribution in [0.4, 0.5) is 0 Å². The molecule has 1 heterocycles. The number of allylic oxidation sites excluding steroid dienone is 1. The zero-order valence-corrected chi connectivity index (χ0v) is 12.1. The van der Waals surface area contributed by atoms with Crippen LogP contribution in [0.3, 0.4) is 0 Å². The van der Waals surface area contributed by atoms with Crippen molar-refractivity contribution in [2.45, 2.75) is 50.3 Å². The monoisotopic (exact) mass is 272 g/mol. The van der Waals surface area contributed by atoms with E-state index in [9.17, 15) is 5.11 Å². The summed E-state index contributed by atoms with van der Waals surface area (Å²) in [6.45, 7) is 1.83. The molecular weight excluding hydrogens is 248 g/mol. The van der Waals surface area contributed by atoms with Gasteiger partial charge in [0.05, 0.1) is 6.10 Å². The number of unbranched alkanes of at least 4 members (excludes halogenated alkanes) is 1. The Hall–Kier alpha value is -1.45. The van der Waals surface area contributed by atoms with Gasteiger partial charge in [-0.05, 0) is 37.8 Å². The topological polar surface area (TPSA) is 58.6 Å². The van der Waals surface area contributed by atoms with E-state index in [0.29, 0.717) is 0 Å². The number of benzene rings is 1. The number of aliphatic hydroxyl groups is 1. The van der Waals surface area contributed by atoms with Crippen molar-refractivity contribution in [1.82, 2.24) is 0 Å². The van der Waals surface area contributed by atoms with Crippen LogP contribution < -0.4 is 5.73 Å². The highest BCUT2D eigenvalue weighted by atomic mass is 16.3. The molecule has 0 fully saturated rings. The van der Waals surface area contributed by atoms with Crippen molar-refractivity contribution >= 4 is 6.21 Å². The van der Waals surface area contributed by atoms with Crippen molar-refractivity contribution in [3.05, 3.63) is 48.0 Å². The number of rotatable bonds is 7. The van der Waals surface area contributed by atoms with Crippen LogP contribution in [0.25, 0.3) is 0 Å². The summed E-state index contributed by atoms with van der Waals surface area (Å²) in [6.07, 6.45) is 9.08. The number of nitrogens with zero attached hydrogens (tertiary/aromatic N) is 1. The van der Waals surface area contributed by atoms with E-state index in [1.165, 1.54) is 5.56 Å². The molecule has 3 N–H and O–H groups in total. The fourth-order valence-electron chi connectivity index (χ4n) is 2.74. The van der Waals surface area contributed by atoms with Crippen LogP contribution in [0, 0.1) is 0 Å². The molecule has 1 aliphatic heterocycles. The first kappa shape index (κ1) is 14.9. The molecule has 1 aromatic carbocycles. The SMILES string of the molecule is CC(N)C(O)C1(CCCCc2ccccc2)C=CC=N1. The van der Waals surface area contributed by atoms with Gasteiger partial charge in [-0.2, -0.15) is 0 Å². The number of hydrogen-bond acceptors (Lipinski definition) is 3. The van der Waals surface area contributed by atoms with Gasteiger partial charge in [0.1, 0.15) is 5.54 Å². The van der Waals surface area contributed by atoms with E-state index in [1.807, 2.05) is 25.1 Å². The molecule has 2 rings (SSSR count). The number of aliphatic hydroxyl groups excluding tert-OH is 1. The molecule has 3 atom stereocenters. The van der Waals surface area contributed by atoms with Crippen molar-refractivity contribution in [2.24, 2.45) is 10.7 Å². The predicted molar refractivity (Wildman–Crippen MR) is 84.0 cm³/mol. The number of aliphatic imine (C=N–C) groups is 1. The first-order chi connectivity index (χ1) is 9.64. The summed E-state index contributed by atoms with van der Waals surface area (Å²) in [5, 5.41) is 10.3. The molecule has 0 spiro atoms. The third-order valence-electron chi connectivity index (χ3n) is 3.93. The Kier molecular flexibility index (Phi) is 5.10. The fourth-order valence-corrected chi connectivity index (χ4v) is 2.74. The van der Waals surface area contributed by atoms with Gasteiger partial charge >= 0.3 is 0 Å². The molecule has 3 nitrogen and oxygen atoms in total. The largest absolute Gasteiger partial charge is 0.389 e. The maximum absolute atomic E-state index is 10.3. The molecule has 3 heteroatoms. The molecule has 1 aromatic rings. The van der Waals surface area contributed by atoms with Gasteiger partial charge in [0.2, 0.25) is 0 Å². The van der Waals surface area contributed by atoms with E-state index in [0.717, 1.165) is 25.7 Å². The Morgan fingerprint density at radius 1 is 1.25 bits per heavy atom. The minimum atomic E-state index is -0.616. The lowest BCUT2D eigenvalue weighted by molar-refractivity contribution is 0.0859. The van der Waals surface area contributed by atoms with Gasteiger partial charge in [-0.25, -0.2) is 0 Å². The average molecular weight is 272 g/mol. The molecule has 3 unspecified atom stereocenters. The highest BCUT2D eigenvalue weighted by molar-refractivity contribution is 5.75. The normalized spacial score (nSPS) is 23.9. The predicted octanol–water partition coefficient (Wildman–Crippen LogP) is 2.49. The molecule has 0 bridgehead atoms. The van der Waals surface area contributed by atoms with Crippen molar-refractivity contribution in [3.8, 4) is 0 Å². The highest BCUT2D eigenvalue weighted by Crippen LogP contribution is 2.29. The molecule has 0 saturated heterocycles. The van der Waals surface area contributed by atoms with Gasteiger partial charge in [0.25, 0.3) is 0 Å². The smallest absolute Gasteiger partial charge is 0.106 e. The Bertz CT molecular complexity index is 453. The second-order valence-corrected chi connectivity index (χ2v) is 5.63. The molecule has 0 amide bonds. The van der Waals surface area contributed by atoms with Crippen molar-refractivity contribution in [1.29, 1.82) is 0 Å². The van der Waals surface area contributed by atoms with Crippen LogP contribution in [0.2, 0.25) is 0 Å². The molecule has 108 valence electrons. The summed E-state index contributed by atoms with van der Waals surface area (Å²) in [7, 11) is 0. The lowest BCUT2D eigenvalue weighted by atomic mass is 9.84. The summed E-state index contributed by atoms with van der Waals surface area (Å²) in [6, 6.07) is 10.2. The molecule has 1 aliphatic rings. The number of nitrogens with two attached hydrogens (primary N) is 1. The van der Waals surface area contributed by atoms with Crippen LogP contribution >= 0.6 is 0 Å². The zero-order chi connectivity index (χ0) is 14.4. The summed E-state index contributed by atoms with van der Waals surface area (Å²) >= 11 is 0. The third kappa shape index (κ3) is 3.56. The second kappa shape index (κ2) is 6.82. The minimum absolute atomic E-state index is 0.274. The van der Waals surface area contributed by atoms with E-state index in [-0.39, 0.29) is 6.04 Å². The van der Waals surface area contributed by atoms with Crippen molar-refractivity contribution in [2.75, 3.05) is 0 Å². The molecule has 0 aromatic heterocycles. The van der Waals surface area contributed by atoms with E-state index < -0.39 is 11.6 Å². The lowest BCUT2D eigenvalue weighted by Crippen LogP contribution is -2.48. The van der Waals surface area contributed by atoms with Gasteiger partial charge in [-0.15, -0.1) is 0 Å². The van der Waals surface area contributed by atoms with Crippen LogP contribution in [0.15, 0.2) is 47.5 Å². The van der Waals surface area contributed by atoms with Gasteiger partial charge in [0, 0.05) is 12.3 Å². The summed E-state index contributed by atoms with van der Waals surface area (Å²) < 4.78 is 0. The van der Waals surface area contributed by atoms with Gasteiger partial charge in [-0.1, -0.05) is 42.8 Å². The Balaban J connectivity index is 1.85. The summed E-state index contributed by atoms with van der Waals surface area (Å²) in [5.74, 6) is 0. The van der Waals surface area contributed by atoms with Crippen LogP contribution in [-0.4, -0.2) is 29.0 Å². The van der Waals surface area contributed by atoms with Crippen LogP contribution in [0.5, 0.6) is 0 Å². The number of hydrogen-bond donors (Lipinski definition) is 2. The van der Waals surface area contributed by atoms with E-state index >= 15 is 0 Å². The minimum Gasteiger partial charge on any atom is -0.389 e.